The maximum atomic E-state index is 12.4. The van der Waals surface area contributed by atoms with E-state index in [0.29, 0.717) is 11.4 Å². The second-order valence-electron chi connectivity index (χ2n) is 6.30. The summed E-state index contributed by atoms with van der Waals surface area (Å²) in [5.74, 6) is 0.433. The summed E-state index contributed by atoms with van der Waals surface area (Å²) in [5.41, 5.74) is 0.878. The number of nitro benzene ring substituents is 1. The van der Waals surface area contributed by atoms with Crippen LogP contribution in [0.2, 0.25) is 0 Å². The van der Waals surface area contributed by atoms with E-state index in [1.165, 1.54) is 16.7 Å². The predicted octanol–water partition coefficient (Wildman–Crippen LogP) is 2.05. The van der Waals surface area contributed by atoms with Crippen LogP contribution in [-0.4, -0.2) is 24.0 Å². The molecule has 0 aliphatic carbocycles. The molecular formula is C19H15N5O4. The number of aromatic amines is 1. The number of non-ortho nitro benzene ring substituents is 1. The van der Waals surface area contributed by atoms with Crippen LogP contribution >= 0.6 is 0 Å². The maximum absolute atomic E-state index is 12.4. The molecule has 4 aromatic rings. The predicted molar refractivity (Wildman–Crippen MR) is 103 cm³/mol. The largest absolute Gasteiger partial charge is 0.330 e. The lowest BCUT2D eigenvalue weighted by molar-refractivity contribution is -0.384. The number of fused-ring (bicyclic) bond motifs is 1. The zero-order chi connectivity index (χ0) is 19.8. The third kappa shape index (κ3) is 2.88. The molecule has 0 unspecified atom stereocenters. The molecule has 0 atom stereocenters. The summed E-state index contributed by atoms with van der Waals surface area (Å²) < 4.78 is 2.98. The number of hydrogen-bond donors (Lipinski definition) is 1. The fourth-order valence-corrected chi connectivity index (χ4v) is 3.15. The van der Waals surface area contributed by atoms with Gasteiger partial charge < -0.3 is 4.57 Å². The summed E-state index contributed by atoms with van der Waals surface area (Å²) in [6, 6.07) is 15.2. The summed E-state index contributed by atoms with van der Waals surface area (Å²) in [6.07, 6.45) is 0. The van der Waals surface area contributed by atoms with Crippen molar-refractivity contribution >= 4 is 16.9 Å². The summed E-state index contributed by atoms with van der Waals surface area (Å²) >= 11 is 0. The van der Waals surface area contributed by atoms with E-state index in [1.54, 1.807) is 23.7 Å². The van der Waals surface area contributed by atoms with Gasteiger partial charge in [-0.05, 0) is 17.7 Å². The first-order valence-electron chi connectivity index (χ1n) is 8.44. The van der Waals surface area contributed by atoms with Crippen molar-refractivity contribution < 1.29 is 4.92 Å². The minimum absolute atomic E-state index is 0.0404. The van der Waals surface area contributed by atoms with E-state index < -0.39 is 16.2 Å². The molecule has 4 rings (SSSR count). The topological polar surface area (TPSA) is 116 Å². The average molecular weight is 377 g/mol. The monoisotopic (exact) mass is 377 g/mol. The van der Waals surface area contributed by atoms with E-state index in [-0.39, 0.29) is 23.4 Å². The van der Waals surface area contributed by atoms with Gasteiger partial charge in [-0.3, -0.25) is 24.5 Å². The number of imidazole rings is 1. The molecule has 0 fully saturated rings. The summed E-state index contributed by atoms with van der Waals surface area (Å²) in [6.45, 7) is 0.254. The maximum Gasteiger partial charge on any atom is 0.330 e. The van der Waals surface area contributed by atoms with E-state index in [9.17, 15) is 19.7 Å². The van der Waals surface area contributed by atoms with Crippen molar-refractivity contribution in [2.75, 3.05) is 0 Å². The lowest BCUT2D eigenvalue weighted by Crippen LogP contribution is -2.31. The summed E-state index contributed by atoms with van der Waals surface area (Å²) in [5, 5.41) is 10.9. The van der Waals surface area contributed by atoms with Crippen molar-refractivity contribution in [3.63, 3.8) is 0 Å². The molecule has 0 aliphatic heterocycles. The number of rotatable bonds is 4. The van der Waals surface area contributed by atoms with Gasteiger partial charge in [0.05, 0.1) is 11.5 Å². The normalized spacial score (nSPS) is 11.0. The molecule has 0 saturated carbocycles. The van der Waals surface area contributed by atoms with Crippen LogP contribution < -0.4 is 11.2 Å². The van der Waals surface area contributed by atoms with Gasteiger partial charge >= 0.3 is 5.69 Å². The highest BCUT2D eigenvalue weighted by Gasteiger charge is 2.18. The van der Waals surface area contributed by atoms with E-state index in [4.69, 9.17) is 0 Å². The van der Waals surface area contributed by atoms with E-state index in [2.05, 4.69) is 9.97 Å². The lowest BCUT2D eigenvalue weighted by Gasteiger charge is -2.06. The molecule has 0 spiro atoms. The van der Waals surface area contributed by atoms with Gasteiger partial charge in [-0.1, -0.05) is 30.3 Å². The van der Waals surface area contributed by atoms with Gasteiger partial charge in [0.1, 0.15) is 5.82 Å². The Morgan fingerprint density at radius 3 is 2.39 bits per heavy atom. The second kappa shape index (κ2) is 6.62. The fraction of sp³-hybridized carbons (Fsp3) is 0.105. The van der Waals surface area contributed by atoms with Crippen molar-refractivity contribution in [1.29, 1.82) is 0 Å². The van der Waals surface area contributed by atoms with Crippen LogP contribution in [0.5, 0.6) is 0 Å². The van der Waals surface area contributed by atoms with Gasteiger partial charge in [-0.25, -0.2) is 9.78 Å². The first kappa shape index (κ1) is 17.4. The Morgan fingerprint density at radius 1 is 1.07 bits per heavy atom. The van der Waals surface area contributed by atoms with Gasteiger partial charge in [0.15, 0.2) is 11.2 Å². The van der Waals surface area contributed by atoms with Crippen molar-refractivity contribution in [1.82, 2.24) is 19.1 Å². The molecular weight excluding hydrogens is 362 g/mol. The molecule has 0 amide bonds. The third-order valence-electron chi connectivity index (χ3n) is 4.53. The highest BCUT2D eigenvalue weighted by molar-refractivity contribution is 5.77. The molecule has 9 heteroatoms. The quantitative estimate of drug-likeness (QED) is 0.432. The number of aryl methyl sites for hydroxylation is 1. The second-order valence-corrected chi connectivity index (χ2v) is 6.30. The van der Waals surface area contributed by atoms with Crippen LogP contribution in [0.4, 0.5) is 5.69 Å². The zero-order valence-corrected chi connectivity index (χ0v) is 14.8. The number of nitrogens with one attached hydrogen (secondary N) is 1. The van der Waals surface area contributed by atoms with Crippen LogP contribution in [0, 0.1) is 10.1 Å². The highest BCUT2D eigenvalue weighted by atomic mass is 16.6. The standard InChI is InChI=1S/C19H15N5O4/c1-22-15-17(20-16(22)13-7-9-14(10-8-13)24(27)28)23(19(26)21-18(15)25)11-12-5-3-2-4-6-12/h2-10H,11H2,1H3,(H,21,25,26). The van der Waals surface area contributed by atoms with Crippen LogP contribution in [-0.2, 0) is 13.6 Å². The molecule has 2 aromatic carbocycles. The Bertz CT molecular complexity index is 1300. The molecule has 0 radical (unpaired) electrons. The molecule has 1 N–H and O–H groups in total. The molecule has 9 nitrogen and oxygen atoms in total. The van der Waals surface area contributed by atoms with Gasteiger partial charge in [0, 0.05) is 24.7 Å². The zero-order valence-electron chi connectivity index (χ0n) is 14.8. The van der Waals surface area contributed by atoms with Crippen LogP contribution in [0.3, 0.4) is 0 Å². The Labute approximate surface area is 157 Å². The van der Waals surface area contributed by atoms with Gasteiger partial charge in [-0.15, -0.1) is 0 Å². The molecule has 2 aromatic heterocycles. The Balaban J connectivity index is 1.91. The van der Waals surface area contributed by atoms with Crippen LogP contribution in [0.15, 0.2) is 64.2 Å². The fourth-order valence-electron chi connectivity index (χ4n) is 3.15. The number of nitro groups is 1. The van der Waals surface area contributed by atoms with E-state index in [0.717, 1.165) is 5.56 Å². The van der Waals surface area contributed by atoms with E-state index >= 15 is 0 Å². The molecule has 2 heterocycles. The minimum atomic E-state index is -0.547. The average Bonchev–Trinajstić information content (AvgIpc) is 3.03. The van der Waals surface area contributed by atoms with Gasteiger partial charge in [0.25, 0.3) is 11.2 Å². The molecule has 28 heavy (non-hydrogen) atoms. The molecule has 0 saturated heterocycles. The lowest BCUT2D eigenvalue weighted by atomic mass is 10.2. The van der Waals surface area contributed by atoms with Gasteiger partial charge in [-0.2, -0.15) is 0 Å². The van der Waals surface area contributed by atoms with Crippen molar-refractivity contribution in [2.45, 2.75) is 6.54 Å². The summed E-state index contributed by atoms with van der Waals surface area (Å²) in [4.78, 5) is 42.0. The number of H-pyrrole nitrogens is 1. The van der Waals surface area contributed by atoms with E-state index in [1.807, 2.05) is 30.3 Å². The minimum Gasteiger partial charge on any atom is -0.321 e. The number of nitrogens with zero attached hydrogens (tertiary/aromatic N) is 4. The third-order valence-corrected chi connectivity index (χ3v) is 4.53. The molecule has 0 bridgehead atoms. The van der Waals surface area contributed by atoms with Crippen molar-refractivity contribution in [3.8, 4) is 11.4 Å². The first-order valence-corrected chi connectivity index (χ1v) is 8.44. The smallest absolute Gasteiger partial charge is 0.321 e. The number of benzene rings is 2. The number of aromatic nitrogens is 4. The molecule has 0 aliphatic rings. The first-order chi connectivity index (χ1) is 13.5. The van der Waals surface area contributed by atoms with Crippen molar-refractivity contribution in [2.24, 2.45) is 7.05 Å². The highest BCUT2D eigenvalue weighted by Crippen LogP contribution is 2.24. The Kier molecular flexibility index (Phi) is 4.11. The SMILES string of the molecule is Cn1c(-c2ccc([N+](=O)[O-])cc2)nc2c1c(=O)[nH]c(=O)n2Cc1ccccc1. The van der Waals surface area contributed by atoms with Crippen LogP contribution in [0.25, 0.3) is 22.6 Å². The Morgan fingerprint density at radius 2 is 1.75 bits per heavy atom. The number of hydrogen-bond acceptors (Lipinski definition) is 5. The Hall–Kier alpha value is -4.01. The van der Waals surface area contributed by atoms with Gasteiger partial charge in [0.2, 0.25) is 0 Å². The van der Waals surface area contributed by atoms with Crippen LogP contribution in [0.1, 0.15) is 5.56 Å². The molecule has 140 valence electrons. The summed E-state index contributed by atoms with van der Waals surface area (Å²) in [7, 11) is 1.67. The van der Waals surface area contributed by atoms with Crippen molar-refractivity contribution in [3.05, 3.63) is 91.1 Å².